The summed E-state index contributed by atoms with van der Waals surface area (Å²) in [6.45, 7) is 3.48. The van der Waals surface area contributed by atoms with Crippen molar-refractivity contribution >= 4 is 0 Å². The molecule has 33 heavy (non-hydrogen) atoms. The first-order valence-corrected chi connectivity index (χ1v) is 14.9. The van der Waals surface area contributed by atoms with Crippen molar-refractivity contribution in [1.82, 2.24) is 0 Å². The molecule has 0 atom stereocenters. The smallest absolute Gasteiger partial charge is 0.168 e. The molecule has 0 saturated heterocycles. The van der Waals surface area contributed by atoms with E-state index in [2.05, 4.69) is 42.1 Å². The van der Waals surface area contributed by atoms with Gasteiger partial charge in [0.05, 0.1) is 0 Å². The molecule has 0 radical (unpaired) electrons. The van der Waals surface area contributed by atoms with E-state index in [1.807, 2.05) is 0 Å². The maximum atomic E-state index is 2.30. The minimum absolute atomic E-state index is 0. The molecule has 0 bridgehead atoms. The van der Waals surface area contributed by atoms with Crippen molar-refractivity contribution in [1.29, 1.82) is 0 Å². The zero-order valence-corrected chi connectivity index (χ0v) is 23.1. The van der Waals surface area contributed by atoms with Crippen LogP contribution < -0.4 is 17.0 Å². The summed E-state index contributed by atoms with van der Waals surface area (Å²) in [5, 5.41) is 0. The number of aryl methyl sites for hydroxylation is 1. The highest BCUT2D eigenvalue weighted by atomic mass is 35.5. The molecule has 1 nitrogen and oxygen atoms in total. The van der Waals surface area contributed by atoms with Crippen LogP contribution in [-0.2, 0) is 6.54 Å². The van der Waals surface area contributed by atoms with E-state index in [-0.39, 0.29) is 12.4 Å². The molecule has 194 valence electrons. The van der Waals surface area contributed by atoms with Crippen LogP contribution in [0.4, 0.5) is 0 Å². The van der Waals surface area contributed by atoms with Crippen LogP contribution in [0.25, 0.3) is 0 Å². The average molecular weight is 480 g/mol. The fourth-order valence-corrected chi connectivity index (χ4v) is 4.84. The molecule has 0 unspecified atom stereocenters. The highest BCUT2D eigenvalue weighted by molar-refractivity contribution is 4.83. The van der Waals surface area contributed by atoms with E-state index in [4.69, 9.17) is 0 Å². The Morgan fingerprint density at radius 2 is 0.636 bits per heavy atom. The molecule has 0 saturated carbocycles. The summed E-state index contributed by atoms with van der Waals surface area (Å²) in [6, 6.07) is 6.34. The molecule has 0 aromatic carbocycles. The number of aromatic nitrogens is 1. The van der Waals surface area contributed by atoms with Crippen LogP contribution in [-0.4, -0.2) is 0 Å². The molecule has 1 rings (SSSR count). The first kappa shape index (κ1) is 32.4. The van der Waals surface area contributed by atoms with Gasteiger partial charge in [-0.15, -0.1) is 0 Å². The normalized spacial score (nSPS) is 10.9. The van der Waals surface area contributed by atoms with E-state index in [1.54, 1.807) is 0 Å². The van der Waals surface area contributed by atoms with Gasteiger partial charge in [-0.3, -0.25) is 0 Å². The van der Waals surface area contributed by atoms with Crippen LogP contribution in [0.3, 0.4) is 0 Å². The Balaban J connectivity index is 0.0000102. The lowest BCUT2D eigenvalue weighted by Gasteiger charge is -2.04. The molecule has 0 aliphatic carbocycles. The Morgan fingerprint density at radius 3 is 0.939 bits per heavy atom. The first-order chi connectivity index (χ1) is 15.9. The van der Waals surface area contributed by atoms with Crippen LogP contribution in [0.2, 0.25) is 0 Å². The van der Waals surface area contributed by atoms with Crippen molar-refractivity contribution in [3.8, 4) is 0 Å². The molecule has 2 heteroatoms. The molecular formula is C31H58ClN. The fraction of sp³-hybridized carbons (Fsp3) is 0.839. The second-order valence-corrected chi connectivity index (χ2v) is 10.2. The Labute approximate surface area is 215 Å². The van der Waals surface area contributed by atoms with Crippen LogP contribution in [0.15, 0.2) is 30.6 Å². The molecule has 1 aromatic rings. The van der Waals surface area contributed by atoms with Gasteiger partial charge in [0.1, 0.15) is 6.54 Å². The quantitative estimate of drug-likeness (QED) is 0.102. The van der Waals surface area contributed by atoms with E-state index in [9.17, 15) is 0 Å². The van der Waals surface area contributed by atoms with E-state index < -0.39 is 0 Å². The number of hydrogen-bond donors (Lipinski definition) is 0. The monoisotopic (exact) mass is 479 g/mol. The Kier molecular flexibility index (Phi) is 27.2. The van der Waals surface area contributed by atoms with E-state index in [0.717, 1.165) is 0 Å². The first-order valence-electron chi connectivity index (χ1n) is 14.9. The molecule has 0 N–H and O–H groups in total. The van der Waals surface area contributed by atoms with Gasteiger partial charge in [-0.2, -0.15) is 0 Å². The molecular weight excluding hydrogens is 422 g/mol. The zero-order valence-electron chi connectivity index (χ0n) is 22.4. The summed E-state index contributed by atoms with van der Waals surface area (Å²) >= 11 is 0. The Hall–Kier alpha value is -0.560. The van der Waals surface area contributed by atoms with Crippen molar-refractivity contribution in [3.63, 3.8) is 0 Å². The topological polar surface area (TPSA) is 3.88 Å². The van der Waals surface area contributed by atoms with Gasteiger partial charge in [-0.1, -0.05) is 154 Å². The van der Waals surface area contributed by atoms with Gasteiger partial charge in [0.15, 0.2) is 12.4 Å². The second-order valence-electron chi connectivity index (χ2n) is 10.2. The van der Waals surface area contributed by atoms with Crippen LogP contribution in [0.5, 0.6) is 0 Å². The number of unbranched alkanes of at least 4 members (excludes halogenated alkanes) is 23. The highest BCUT2D eigenvalue weighted by Gasteiger charge is 1.98. The van der Waals surface area contributed by atoms with Crippen molar-refractivity contribution in [2.24, 2.45) is 0 Å². The summed E-state index contributed by atoms with van der Waals surface area (Å²) in [7, 11) is 0. The maximum Gasteiger partial charge on any atom is 0.168 e. The summed E-state index contributed by atoms with van der Waals surface area (Å²) in [5.41, 5.74) is 0. The molecule has 1 aromatic heterocycles. The third kappa shape index (κ3) is 24.4. The van der Waals surface area contributed by atoms with Gasteiger partial charge in [0.25, 0.3) is 0 Å². The lowest BCUT2D eigenvalue weighted by molar-refractivity contribution is -0.697. The summed E-state index contributed by atoms with van der Waals surface area (Å²) < 4.78 is 2.30. The predicted octanol–water partition coefficient (Wildman–Crippen LogP) is 7.36. The van der Waals surface area contributed by atoms with Crippen molar-refractivity contribution in [2.45, 2.75) is 168 Å². The van der Waals surface area contributed by atoms with Gasteiger partial charge >= 0.3 is 0 Å². The number of rotatable bonds is 25. The minimum atomic E-state index is 0. The third-order valence-electron chi connectivity index (χ3n) is 7.05. The van der Waals surface area contributed by atoms with Crippen LogP contribution in [0.1, 0.15) is 161 Å². The van der Waals surface area contributed by atoms with E-state index in [1.165, 1.54) is 161 Å². The van der Waals surface area contributed by atoms with Crippen molar-refractivity contribution < 1.29 is 17.0 Å². The lowest BCUT2D eigenvalue weighted by atomic mass is 10.0. The summed E-state index contributed by atoms with van der Waals surface area (Å²) in [4.78, 5) is 0. The molecule has 0 spiro atoms. The molecule has 0 fully saturated rings. The van der Waals surface area contributed by atoms with Crippen molar-refractivity contribution in [3.05, 3.63) is 30.6 Å². The predicted molar refractivity (Wildman–Crippen MR) is 143 cm³/mol. The standard InChI is InChI=1S/C31H58N.ClH/c1-2-3-4-5-6-7-8-9-10-11-12-13-14-15-16-17-18-19-20-21-22-23-24-26-29-32-30-27-25-28-31-32;/h25,27-28,30-31H,2-24,26,29H2,1H3;1H/q+1;/p-1. The molecule has 1 heterocycles. The minimum Gasteiger partial charge on any atom is -1.00 e. The number of pyridine rings is 1. The van der Waals surface area contributed by atoms with Crippen molar-refractivity contribution in [2.75, 3.05) is 0 Å². The summed E-state index contributed by atoms with van der Waals surface area (Å²) in [5.74, 6) is 0. The Bertz CT molecular complexity index is 461. The maximum absolute atomic E-state index is 2.30. The zero-order chi connectivity index (χ0) is 22.8. The van der Waals surface area contributed by atoms with Crippen LogP contribution in [0, 0.1) is 0 Å². The molecule has 0 aliphatic rings. The van der Waals surface area contributed by atoms with Gasteiger partial charge in [-0.05, 0) is 6.42 Å². The third-order valence-corrected chi connectivity index (χ3v) is 7.05. The van der Waals surface area contributed by atoms with Gasteiger partial charge in [0.2, 0.25) is 0 Å². The lowest BCUT2D eigenvalue weighted by Crippen LogP contribution is -3.00. The molecule has 0 amide bonds. The highest BCUT2D eigenvalue weighted by Crippen LogP contribution is 2.15. The van der Waals surface area contributed by atoms with Gasteiger partial charge in [-0.25, -0.2) is 4.57 Å². The van der Waals surface area contributed by atoms with Gasteiger partial charge in [0, 0.05) is 18.6 Å². The molecule has 0 aliphatic heterocycles. The number of halogens is 1. The van der Waals surface area contributed by atoms with E-state index in [0.29, 0.717) is 0 Å². The Morgan fingerprint density at radius 1 is 0.364 bits per heavy atom. The largest absolute Gasteiger partial charge is 1.00 e. The fourth-order valence-electron chi connectivity index (χ4n) is 4.84. The SMILES string of the molecule is CCCCCCCCCCCCCCCCCCCCCCCCCC[n+]1ccccc1.[Cl-]. The van der Waals surface area contributed by atoms with E-state index >= 15 is 0 Å². The number of nitrogens with zero attached hydrogens (tertiary/aromatic N) is 1. The van der Waals surface area contributed by atoms with Gasteiger partial charge < -0.3 is 12.4 Å². The second kappa shape index (κ2) is 27.7. The summed E-state index contributed by atoms with van der Waals surface area (Å²) in [6.07, 6.45) is 39.4. The number of hydrogen-bond acceptors (Lipinski definition) is 0. The average Bonchev–Trinajstić information content (AvgIpc) is 2.82. The van der Waals surface area contributed by atoms with Crippen LogP contribution >= 0.6 is 0 Å².